The van der Waals surface area contributed by atoms with Crippen LogP contribution in [-0.2, 0) is 22.4 Å². The Morgan fingerprint density at radius 2 is 1.23 bits per heavy atom. The molecule has 0 unspecified atom stereocenters. The average Bonchev–Trinajstić information content (AvgIpc) is 2.23. The Morgan fingerprint density at radius 1 is 0.864 bits per heavy atom. The molecule has 0 saturated carbocycles. The van der Waals surface area contributed by atoms with Crippen molar-refractivity contribution < 1.29 is 9.59 Å². The lowest BCUT2D eigenvalue weighted by atomic mass is 9.90. The summed E-state index contributed by atoms with van der Waals surface area (Å²) in [6.45, 7) is 11.1. The minimum Gasteiger partial charge on any atom is -0.351 e. The van der Waals surface area contributed by atoms with Crippen molar-refractivity contribution in [3.63, 3.8) is 0 Å². The van der Waals surface area contributed by atoms with E-state index >= 15 is 0 Å². The average molecular weight is 304 g/mol. The number of benzene rings is 1. The second kappa shape index (κ2) is 6.95. The fourth-order valence-electron chi connectivity index (χ4n) is 2.91. The molecule has 1 rings (SSSR count). The summed E-state index contributed by atoms with van der Waals surface area (Å²) in [4.78, 5) is 22.5. The van der Waals surface area contributed by atoms with Crippen molar-refractivity contribution in [3.05, 3.63) is 35.4 Å². The number of rotatable bonds is 6. The van der Waals surface area contributed by atoms with Crippen LogP contribution in [0.15, 0.2) is 24.3 Å². The van der Waals surface area contributed by atoms with Gasteiger partial charge in [0, 0.05) is 24.9 Å². The summed E-state index contributed by atoms with van der Waals surface area (Å²) in [5.74, 6) is -0.0408. The van der Waals surface area contributed by atoms with Gasteiger partial charge in [-0.2, -0.15) is 0 Å². The highest BCUT2D eigenvalue weighted by molar-refractivity contribution is 5.74. The van der Waals surface area contributed by atoms with E-state index in [1.165, 1.54) is 25.0 Å². The molecule has 1 aromatic carbocycles. The van der Waals surface area contributed by atoms with Crippen LogP contribution in [0.4, 0.5) is 0 Å². The van der Waals surface area contributed by atoms with E-state index in [0.29, 0.717) is 0 Å². The number of hydrogen-bond acceptors (Lipinski definition) is 2. The van der Waals surface area contributed by atoms with Crippen LogP contribution in [0.1, 0.15) is 52.7 Å². The first kappa shape index (κ1) is 18.2. The first-order valence-corrected chi connectivity index (χ1v) is 7.64. The van der Waals surface area contributed by atoms with Crippen LogP contribution in [0.3, 0.4) is 0 Å². The summed E-state index contributed by atoms with van der Waals surface area (Å²) in [5, 5.41) is 5.93. The first-order valence-electron chi connectivity index (χ1n) is 7.64. The molecule has 0 spiro atoms. The molecule has 0 radical (unpaired) electrons. The molecule has 0 aliphatic heterocycles. The van der Waals surface area contributed by atoms with Crippen molar-refractivity contribution in [2.75, 3.05) is 0 Å². The molecule has 1 aromatic rings. The Labute approximate surface area is 133 Å². The van der Waals surface area contributed by atoms with Crippen molar-refractivity contribution in [3.8, 4) is 0 Å². The van der Waals surface area contributed by atoms with Gasteiger partial charge in [0.2, 0.25) is 11.8 Å². The maximum Gasteiger partial charge on any atom is 0.217 e. The fraction of sp³-hybridized carbons (Fsp3) is 0.556. The van der Waals surface area contributed by atoms with Gasteiger partial charge in [0.1, 0.15) is 0 Å². The van der Waals surface area contributed by atoms with E-state index in [1.54, 1.807) is 0 Å². The lowest BCUT2D eigenvalue weighted by Crippen LogP contribution is -2.44. The minimum atomic E-state index is -0.280. The molecule has 2 N–H and O–H groups in total. The smallest absolute Gasteiger partial charge is 0.217 e. The highest BCUT2D eigenvalue weighted by Crippen LogP contribution is 2.18. The molecule has 2 amide bonds. The summed E-state index contributed by atoms with van der Waals surface area (Å²) in [5.41, 5.74) is 1.79. The monoisotopic (exact) mass is 304 g/mol. The first-order chi connectivity index (χ1) is 9.99. The lowest BCUT2D eigenvalue weighted by Gasteiger charge is -2.27. The molecule has 0 saturated heterocycles. The summed E-state index contributed by atoms with van der Waals surface area (Å²) in [6.07, 6.45) is 1.53. The van der Waals surface area contributed by atoms with Gasteiger partial charge in [-0.3, -0.25) is 9.59 Å². The third-order valence-corrected chi connectivity index (χ3v) is 3.31. The zero-order valence-electron chi connectivity index (χ0n) is 14.5. The maximum absolute atomic E-state index is 11.3. The van der Waals surface area contributed by atoms with Gasteiger partial charge in [-0.25, -0.2) is 0 Å². The van der Waals surface area contributed by atoms with Gasteiger partial charge in [0.25, 0.3) is 0 Å². The highest BCUT2D eigenvalue weighted by Gasteiger charge is 2.21. The molecule has 0 bridgehead atoms. The maximum atomic E-state index is 11.3. The van der Waals surface area contributed by atoms with Crippen LogP contribution in [0.2, 0.25) is 0 Å². The number of hydrogen-bond donors (Lipinski definition) is 2. The summed E-state index contributed by atoms with van der Waals surface area (Å²) in [6, 6.07) is 8.31. The van der Waals surface area contributed by atoms with Crippen molar-refractivity contribution in [2.24, 2.45) is 0 Å². The van der Waals surface area contributed by atoms with E-state index in [9.17, 15) is 9.59 Å². The normalized spacial score (nSPS) is 11.9. The molecular weight excluding hydrogens is 276 g/mol. The van der Waals surface area contributed by atoms with E-state index in [-0.39, 0.29) is 22.9 Å². The van der Waals surface area contributed by atoms with Gasteiger partial charge in [-0.05, 0) is 51.7 Å². The molecule has 22 heavy (non-hydrogen) atoms. The number of carbonyl (C=O) groups is 2. The predicted molar refractivity (Wildman–Crippen MR) is 89.6 cm³/mol. The van der Waals surface area contributed by atoms with Crippen molar-refractivity contribution in [1.82, 2.24) is 10.6 Å². The Balaban J connectivity index is 2.82. The minimum absolute atomic E-state index is 0.0204. The van der Waals surface area contributed by atoms with E-state index in [4.69, 9.17) is 0 Å². The summed E-state index contributed by atoms with van der Waals surface area (Å²) in [7, 11) is 0. The lowest BCUT2D eigenvalue weighted by molar-refractivity contribution is -0.121. The van der Waals surface area contributed by atoms with Crippen molar-refractivity contribution in [2.45, 2.75) is 65.5 Å². The van der Waals surface area contributed by atoms with Crippen LogP contribution in [-0.4, -0.2) is 22.9 Å². The highest BCUT2D eigenvalue weighted by atomic mass is 16.2. The molecule has 0 heterocycles. The third-order valence-electron chi connectivity index (χ3n) is 3.31. The largest absolute Gasteiger partial charge is 0.351 e. The van der Waals surface area contributed by atoms with Gasteiger partial charge in [0.05, 0.1) is 0 Å². The van der Waals surface area contributed by atoms with Gasteiger partial charge in [-0.15, -0.1) is 0 Å². The topological polar surface area (TPSA) is 58.2 Å². The van der Waals surface area contributed by atoms with Crippen LogP contribution >= 0.6 is 0 Å². The van der Waals surface area contributed by atoms with Gasteiger partial charge in [0.15, 0.2) is 0 Å². The molecular formula is C18H28N2O2. The zero-order chi connectivity index (χ0) is 17.0. The van der Waals surface area contributed by atoms with Crippen molar-refractivity contribution in [1.29, 1.82) is 0 Å². The van der Waals surface area contributed by atoms with Gasteiger partial charge >= 0.3 is 0 Å². The van der Waals surface area contributed by atoms with Crippen LogP contribution in [0.5, 0.6) is 0 Å². The second-order valence-corrected chi connectivity index (χ2v) is 7.30. The van der Waals surface area contributed by atoms with E-state index < -0.39 is 0 Å². The molecule has 4 heteroatoms. The Morgan fingerprint density at radius 3 is 1.55 bits per heavy atom. The Hall–Kier alpha value is -1.84. The van der Waals surface area contributed by atoms with Gasteiger partial charge in [-0.1, -0.05) is 24.3 Å². The molecule has 122 valence electrons. The fourth-order valence-corrected chi connectivity index (χ4v) is 2.91. The number of carbonyl (C=O) groups excluding carboxylic acids is 2. The Bertz CT molecular complexity index is 503. The Kier molecular flexibility index (Phi) is 5.75. The SMILES string of the molecule is CC(=O)NC(C)(C)Cc1cccc(CC(C)(C)NC(C)=O)c1. The molecule has 0 atom stereocenters. The second-order valence-electron chi connectivity index (χ2n) is 7.30. The zero-order valence-corrected chi connectivity index (χ0v) is 14.5. The third kappa shape index (κ3) is 6.74. The predicted octanol–water partition coefficient (Wildman–Crippen LogP) is 2.60. The molecule has 4 nitrogen and oxygen atoms in total. The number of amides is 2. The van der Waals surface area contributed by atoms with Crippen LogP contribution < -0.4 is 10.6 Å². The van der Waals surface area contributed by atoms with Gasteiger partial charge < -0.3 is 10.6 Å². The van der Waals surface area contributed by atoms with E-state index in [2.05, 4.69) is 28.8 Å². The van der Waals surface area contributed by atoms with E-state index in [0.717, 1.165) is 12.8 Å². The molecule has 0 aliphatic carbocycles. The van der Waals surface area contributed by atoms with Crippen molar-refractivity contribution >= 4 is 11.8 Å². The molecule has 0 fully saturated rings. The van der Waals surface area contributed by atoms with E-state index in [1.807, 2.05) is 33.8 Å². The quantitative estimate of drug-likeness (QED) is 0.848. The summed E-state index contributed by atoms with van der Waals surface area (Å²) < 4.78 is 0. The summed E-state index contributed by atoms with van der Waals surface area (Å²) >= 11 is 0. The molecule has 0 aromatic heterocycles. The number of nitrogens with one attached hydrogen (secondary N) is 2. The van der Waals surface area contributed by atoms with Crippen LogP contribution in [0, 0.1) is 0 Å². The standard InChI is InChI=1S/C18H28N2O2/c1-13(21)19-17(3,4)11-15-8-7-9-16(10-15)12-18(5,6)20-14(2)22/h7-10H,11-12H2,1-6H3,(H,19,21)(H,20,22). The van der Waals surface area contributed by atoms with Crippen LogP contribution in [0.25, 0.3) is 0 Å². The molecule has 0 aliphatic rings.